The summed E-state index contributed by atoms with van der Waals surface area (Å²) in [6.45, 7) is 0. The summed E-state index contributed by atoms with van der Waals surface area (Å²) in [4.78, 5) is 24.7. The monoisotopic (exact) mass is 404 g/mol. The molecule has 2 heterocycles. The Morgan fingerprint density at radius 3 is 2.24 bits per heavy atom. The van der Waals surface area contributed by atoms with Gasteiger partial charge in [-0.2, -0.15) is 5.10 Å². The molecule has 0 saturated carbocycles. The summed E-state index contributed by atoms with van der Waals surface area (Å²) in [5.74, 6) is 1.07. The van der Waals surface area contributed by atoms with Crippen LogP contribution in [0.1, 0.15) is 23.6 Å². The molecule has 1 aliphatic rings. The van der Waals surface area contributed by atoms with Crippen LogP contribution in [0.3, 0.4) is 0 Å². The molecule has 10 nitrogen and oxygen atoms in total. The minimum atomic E-state index is -0.610. The fraction of sp³-hybridized carbons (Fsp3) is 0.421. The van der Waals surface area contributed by atoms with Gasteiger partial charge in [-0.1, -0.05) is 0 Å². The van der Waals surface area contributed by atoms with Crippen molar-refractivity contribution in [2.24, 2.45) is 19.2 Å². The molecule has 0 bridgehead atoms. The smallest absolute Gasteiger partial charge is 0.333 e. The van der Waals surface area contributed by atoms with Crippen LogP contribution < -0.4 is 25.5 Å². The largest absolute Gasteiger partial charge is 0.494 e. The zero-order valence-corrected chi connectivity index (χ0v) is 17.2. The number of ether oxygens (including phenoxy) is 3. The van der Waals surface area contributed by atoms with Crippen molar-refractivity contribution < 1.29 is 19.3 Å². The zero-order chi connectivity index (χ0) is 21.5. The van der Waals surface area contributed by atoms with Gasteiger partial charge in [0.2, 0.25) is 11.6 Å². The average Bonchev–Trinajstić information content (AvgIpc) is 3.10. The normalized spacial score (nSPS) is 16.0. The molecule has 3 rings (SSSR count). The Balaban J connectivity index is 2.09. The van der Waals surface area contributed by atoms with E-state index in [0.717, 1.165) is 14.7 Å². The average molecular weight is 404 g/mol. The molecular formula is C19H24N4O6. The number of hydrogen-bond acceptors (Lipinski definition) is 8. The number of rotatable bonds is 5. The van der Waals surface area contributed by atoms with Crippen LogP contribution in [0.2, 0.25) is 0 Å². The molecule has 0 radical (unpaired) electrons. The van der Waals surface area contributed by atoms with E-state index in [0.29, 0.717) is 29.4 Å². The van der Waals surface area contributed by atoms with Gasteiger partial charge in [-0.15, -0.1) is 0 Å². The van der Waals surface area contributed by atoms with Crippen molar-refractivity contribution in [1.82, 2.24) is 14.1 Å². The van der Waals surface area contributed by atoms with E-state index in [4.69, 9.17) is 14.2 Å². The van der Waals surface area contributed by atoms with Gasteiger partial charge in [-0.3, -0.25) is 18.9 Å². The number of hydrazone groups is 1. The van der Waals surface area contributed by atoms with Crippen LogP contribution >= 0.6 is 0 Å². The Bertz CT molecular complexity index is 1100. The van der Waals surface area contributed by atoms with Crippen molar-refractivity contribution >= 4 is 5.71 Å². The molecule has 2 aromatic rings. The molecule has 0 spiro atoms. The number of methoxy groups -OCH3 is 3. The summed E-state index contributed by atoms with van der Waals surface area (Å²) < 4.78 is 18.3. The van der Waals surface area contributed by atoms with E-state index in [1.54, 1.807) is 18.1 Å². The summed E-state index contributed by atoms with van der Waals surface area (Å²) >= 11 is 0. The third-order valence-corrected chi connectivity index (χ3v) is 5.13. The second-order valence-electron chi connectivity index (χ2n) is 6.67. The minimum absolute atomic E-state index is 0.00314. The molecule has 0 amide bonds. The van der Waals surface area contributed by atoms with E-state index >= 15 is 0 Å². The highest BCUT2D eigenvalue weighted by molar-refractivity contribution is 6.03. The van der Waals surface area contributed by atoms with E-state index in [1.165, 1.54) is 35.4 Å². The standard InChI is InChI=1S/C19H24N4O6/c1-21-17(24)14(18(25)22(2)19(21)26)11-9-12(23(3)20-11)10-7-8-13(27-4)16(29-6)15(10)28-5/h7-8,12,24H,9H2,1-6H3. The van der Waals surface area contributed by atoms with Crippen molar-refractivity contribution in [2.75, 3.05) is 28.4 Å². The van der Waals surface area contributed by atoms with E-state index in [2.05, 4.69) is 5.10 Å². The van der Waals surface area contributed by atoms with Gasteiger partial charge in [0.1, 0.15) is 5.56 Å². The molecule has 1 unspecified atom stereocenters. The molecular weight excluding hydrogens is 380 g/mol. The van der Waals surface area contributed by atoms with Crippen LogP contribution in [0.5, 0.6) is 23.1 Å². The maximum atomic E-state index is 12.6. The van der Waals surface area contributed by atoms with Crippen molar-refractivity contribution in [3.63, 3.8) is 0 Å². The van der Waals surface area contributed by atoms with Gasteiger partial charge in [0.25, 0.3) is 5.56 Å². The summed E-state index contributed by atoms with van der Waals surface area (Å²) in [6.07, 6.45) is 0.323. The highest BCUT2D eigenvalue weighted by Gasteiger charge is 2.33. The fourth-order valence-corrected chi connectivity index (χ4v) is 3.55. The number of benzene rings is 1. The number of aromatic hydroxyl groups is 1. The van der Waals surface area contributed by atoms with Gasteiger partial charge in [0, 0.05) is 33.1 Å². The van der Waals surface area contributed by atoms with Gasteiger partial charge in [0.05, 0.1) is 33.1 Å². The topological polar surface area (TPSA) is 108 Å². The zero-order valence-electron chi connectivity index (χ0n) is 17.2. The lowest BCUT2D eigenvalue weighted by Crippen LogP contribution is -2.39. The molecule has 1 aliphatic heterocycles. The van der Waals surface area contributed by atoms with Crippen LogP contribution in [0.4, 0.5) is 0 Å². The summed E-state index contributed by atoms with van der Waals surface area (Å²) in [5.41, 5.74) is -0.0436. The molecule has 29 heavy (non-hydrogen) atoms. The Labute approximate surface area is 167 Å². The van der Waals surface area contributed by atoms with E-state index < -0.39 is 17.1 Å². The Kier molecular flexibility index (Phi) is 5.27. The Hall–Kier alpha value is -3.43. The second-order valence-corrected chi connectivity index (χ2v) is 6.67. The van der Waals surface area contributed by atoms with Gasteiger partial charge in [-0.05, 0) is 12.1 Å². The van der Waals surface area contributed by atoms with E-state index in [-0.39, 0.29) is 11.6 Å². The minimum Gasteiger partial charge on any atom is -0.494 e. The van der Waals surface area contributed by atoms with Crippen molar-refractivity contribution in [3.05, 3.63) is 44.1 Å². The maximum Gasteiger partial charge on any atom is 0.333 e. The van der Waals surface area contributed by atoms with Gasteiger partial charge < -0.3 is 19.3 Å². The molecule has 0 aliphatic carbocycles. The Morgan fingerprint density at radius 2 is 1.66 bits per heavy atom. The number of aromatic nitrogens is 2. The predicted octanol–water partition coefficient (Wildman–Crippen LogP) is 0.596. The lowest BCUT2D eigenvalue weighted by molar-refractivity contribution is 0.273. The number of hydrogen-bond donors (Lipinski definition) is 1. The van der Waals surface area contributed by atoms with Crippen LogP contribution in [0.25, 0.3) is 0 Å². The molecule has 1 atom stereocenters. The second kappa shape index (κ2) is 7.53. The molecule has 156 valence electrons. The highest BCUT2D eigenvalue weighted by Crippen LogP contribution is 2.45. The number of nitrogens with zero attached hydrogens (tertiary/aromatic N) is 4. The van der Waals surface area contributed by atoms with Crippen molar-refractivity contribution in [3.8, 4) is 23.1 Å². The summed E-state index contributed by atoms with van der Waals surface area (Å²) in [6, 6.07) is 3.34. The SMILES string of the molecule is COc1ccc(C2CC(c3c(O)n(C)c(=O)n(C)c3=O)=NN2C)c(OC)c1OC. The van der Waals surface area contributed by atoms with E-state index in [9.17, 15) is 14.7 Å². The maximum absolute atomic E-state index is 12.6. The van der Waals surface area contributed by atoms with Crippen molar-refractivity contribution in [1.29, 1.82) is 0 Å². The molecule has 1 N–H and O–H groups in total. The fourth-order valence-electron chi connectivity index (χ4n) is 3.55. The van der Waals surface area contributed by atoms with Crippen molar-refractivity contribution in [2.45, 2.75) is 12.5 Å². The quantitative estimate of drug-likeness (QED) is 0.777. The first kappa shape index (κ1) is 20.3. The molecule has 1 aromatic carbocycles. The van der Waals surface area contributed by atoms with Crippen LogP contribution in [0.15, 0.2) is 26.8 Å². The first-order valence-corrected chi connectivity index (χ1v) is 8.85. The summed E-state index contributed by atoms with van der Waals surface area (Å²) in [7, 11) is 9.12. The van der Waals surface area contributed by atoms with Gasteiger partial charge in [-0.25, -0.2) is 4.79 Å². The molecule has 0 saturated heterocycles. The molecule has 1 aromatic heterocycles. The highest BCUT2D eigenvalue weighted by atomic mass is 16.5. The third-order valence-electron chi connectivity index (χ3n) is 5.13. The van der Waals surface area contributed by atoms with Crippen LogP contribution in [-0.4, -0.2) is 53.3 Å². The van der Waals surface area contributed by atoms with Crippen LogP contribution in [-0.2, 0) is 14.1 Å². The van der Waals surface area contributed by atoms with Gasteiger partial charge >= 0.3 is 5.69 Å². The molecule has 10 heteroatoms. The van der Waals surface area contributed by atoms with Crippen LogP contribution in [0, 0.1) is 0 Å². The Morgan fingerprint density at radius 1 is 1.00 bits per heavy atom. The lowest BCUT2D eigenvalue weighted by Gasteiger charge is -2.23. The summed E-state index contributed by atoms with van der Waals surface area (Å²) in [5, 5.41) is 16.6. The first-order valence-electron chi connectivity index (χ1n) is 8.85. The molecule has 0 fully saturated rings. The lowest BCUT2D eigenvalue weighted by atomic mass is 9.98. The predicted molar refractivity (Wildman–Crippen MR) is 106 cm³/mol. The van der Waals surface area contributed by atoms with Gasteiger partial charge in [0.15, 0.2) is 11.5 Å². The van der Waals surface area contributed by atoms with E-state index in [1.807, 2.05) is 6.07 Å². The first-order chi connectivity index (χ1) is 13.8. The third kappa shape index (κ3) is 3.10.